The second kappa shape index (κ2) is 6.35. The standard InChI is InChI=1S/C12H18N4O3/c13-15-11-5-1-4-10(12(11)16(17)18)14-7-6-9-3-2-8-19-9/h1,4-5,9,14-15H,2-3,6-8,13H2. The van der Waals surface area contributed by atoms with Crippen LogP contribution in [0.3, 0.4) is 0 Å². The van der Waals surface area contributed by atoms with Gasteiger partial charge in [0.2, 0.25) is 0 Å². The molecule has 0 aliphatic carbocycles. The Morgan fingerprint density at radius 1 is 1.47 bits per heavy atom. The third-order valence-corrected chi connectivity index (χ3v) is 3.18. The Balaban J connectivity index is 2.00. The second-order valence-electron chi connectivity index (χ2n) is 4.45. The number of nitro groups is 1. The van der Waals surface area contributed by atoms with Crippen molar-refractivity contribution in [2.24, 2.45) is 5.84 Å². The molecule has 104 valence electrons. The molecular formula is C12H18N4O3. The highest BCUT2D eigenvalue weighted by atomic mass is 16.6. The summed E-state index contributed by atoms with van der Waals surface area (Å²) in [4.78, 5) is 10.6. The van der Waals surface area contributed by atoms with Crippen LogP contribution in [0.2, 0.25) is 0 Å². The summed E-state index contributed by atoms with van der Waals surface area (Å²) >= 11 is 0. The van der Waals surface area contributed by atoms with E-state index >= 15 is 0 Å². The van der Waals surface area contributed by atoms with Gasteiger partial charge in [0.15, 0.2) is 0 Å². The SMILES string of the molecule is NNc1cccc(NCCC2CCCO2)c1[N+](=O)[O-]. The van der Waals surface area contributed by atoms with Crippen LogP contribution in [0.25, 0.3) is 0 Å². The van der Waals surface area contributed by atoms with Crippen molar-refractivity contribution in [3.8, 4) is 0 Å². The predicted octanol–water partition coefficient (Wildman–Crippen LogP) is 1.86. The Hall–Kier alpha value is -1.86. The number of nitrogens with two attached hydrogens (primary N) is 1. The quantitative estimate of drug-likeness (QED) is 0.412. The summed E-state index contributed by atoms with van der Waals surface area (Å²) in [6.45, 7) is 1.46. The Kier molecular flexibility index (Phi) is 4.53. The molecule has 1 aliphatic rings. The van der Waals surface area contributed by atoms with Gasteiger partial charge in [0.25, 0.3) is 0 Å². The molecule has 7 nitrogen and oxygen atoms in total. The molecule has 1 fully saturated rings. The van der Waals surface area contributed by atoms with Crippen molar-refractivity contribution in [2.45, 2.75) is 25.4 Å². The van der Waals surface area contributed by atoms with Crippen LogP contribution in [0.1, 0.15) is 19.3 Å². The molecule has 1 aliphatic heterocycles. The minimum Gasteiger partial charge on any atom is -0.379 e. The maximum Gasteiger partial charge on any atom is 0.316 e. The number of nitrogen functional groups attached to an aromatic ring is 1. The van der Waals surface area contributed by atoms with Gasteiger partial charge < -0.3 is 15.5 Å². The zero-order valence-electron chi connectivity index (χ0n) is 10.6. The van der Waals surface area contributed by atoms with Crippen LogP contribution in [0, 0.1) is 10.1 Å². The number of hydrogen-bond donors (Lipinski definition) is 3. The Bertz CT molecular complexity index is 447. The summed E-state index contributed by atoms with van der Waals surface area (Å²) in [5.41, 5.74) is 3.08. The molecule has 0 bridgehead atoms. The number of benzene rings is 1. The van der Waals surface area contributed by atoms with Crippen molar-refractivity contribution < 1.29 is 9.66 Å². The molecule has 0 spiro atoms. The van der Waals surface area contributed by atoms with Gasteiger partial charge in [-0.3, -0.25) is 16.0 Å². The minimum atomic E-state index is -0.441. The molecule has 1 aromatic carbocycles. The molecular weight excluding hydrogens is 248 g/mol. The molecule has 19 heavy (non-hydrogen) atoms. The van der Waals surface area contributed by atoms with Crippen LogP contribution in [0.15, 0.2) is 18.2 Å². The first kappa shape index (κ1) is 13.6. The number of ether oxygens (including phenoxy) is 1. The van der Waals surface area contributed by atoms with Crippen molar-refractivity contribution in [1.82, 2.24) is 0 Å². The Morgan fingerprint density at radius 3 is 2.89 bits per heavy atom. The first-order chi connectivity index (χ1) is 9.22. The van der Waals surface area contributed by atoms with Gasteiger partial charge in [0.1, 0.15) is 11.4 Å². The number of nitro benzene ring substituents is 1. The molecule has 4 N–H and O–H groups in total. The van der Waals surface area contributed by atoms with Crippen LogP contribution in [0.4, 0.5) is 17.1 Å². The first-order valence-corrected chi connectivity index (χ1v) is 6.32. The number of hydrazine groups is 1. The van der Waals surface area contributed by atoms with Crippen molar-refractivity contribution in [2.75, 3.05) is 23.9 Å². The lowest BCUT2D eigenvalue weighted by molar-refractivity contribution is -0.383. The van der Waals surface area contributed by atoms with E-state index in [9.17, 15) is 10.1 Å². The highest BCUT2D eigenvalue weighted by Gasteiger charge is 2.20. The lowest BCUT2D eigenvalue weighted by Gasteiger charge is -2.12. The Labute approximate surface area is 111 Å². The van der Waals surface area contributed by atoms with E-state index in [2.05, 4.69) is 10.7 Å². The number of nitrogens with one attached hydrogen (secondary N) is 2. The van der Waals surface area contributed by atoms with Gasteiger partial charge in [0, 0.05) is 13.2 Å². The molecule has 1 heterocycles. The van der Waals surface area contributed by atoms with Gasteiger partial charge in [-0.25, -0.2) is 0 Å². The van der Waals surface area contributed by atoms with E-state index in [0.29, 0.717) is 17.9 Å². The predicted molar refractivity (Wildman–Crippen MR) is 73.0 cm³/mol. The monoisotopic (exact) mass is 266 g/mol. The number of nitrogens with zero attached hydrogens (tertiary/aromatic N) is 1. The van der Waals surface area contributed by atoms with Crippen LogP contribution in [0.5, 0.6) is 0 Å². The summed E-state index contributed by atoms with van der Waals surface area (Å²) in [7, 11) is 0. The summed E-state index contributed by atoms with van der Waals surface area (Å²) in [5.74, 6) is 5.28. The number of para-hydroxylation sites is 1. The zero-order chi connectivity index (χ0) is 13.7. The molecule has 1 unspecified atom stereocenters. The summed E-state index contributed by atoms with van der Waals surface area (Å²) in [5, 5.41) is 14.1. The van der Waals surface area contributed by atoms with Gasteiger partial charge in [-0.15, -0.1) is 0 Å². The normalized spacial score (nSPS) is 18.3. The van der Waals surface area contributed by atoms with Crippen molar-refractivity contribution in [3.63, 3.8) is 0 Å². The average molecular weight is 266 g/mol. The molecule has 7 heteroatoms. The van der Waals surface area contributed by atoms with Crippen LogP contribution >= 0.6 is 0 Å². The summed E-state index contributed by atoms with van der Waals surface area (Å²) in [6, 6.07) is 4.97. The van der Waals surface area contributed by atoms with Gasteiger partial charge in [-0.05, 0) is 31.4 Å². The lowest BCUT2D eigenvalue weighted by Crippen LogP contribution is -2.14. The maximum absolute atomic E-state index is 11.1. The van der Waals surface area contributed by atoms with E-state index < -0.39 is 4.92 Å². The molecule has 1 atom stereocenters. The number of hydrogen-bond acceptors (Lipinski definition) is 6. The second-order valence-corrected chi connectivity index (χ2v) is 4.45. The van der Waals surface area contributed by atoms with Crippen molar-refractivity contribution >= 4 is 17.1 Å². The largest absolute Gasteiger partial charge is 0.379 e. The van der Waals surface area contributed by atoms with Crippen LogP contribution < -0.4 is 16.6 Å². The van der Waals surface area contributed by atoms with Gasteiger partial charge in [0.05, 0.1) is 11.0 Å². The van der Waals surface area contributed by atoms with E-state index in [1.165, 1.54) is 0 Å². The molecule has 0 aromatic heterocycles. The molecule has 1 aromatic rings. The minimum absolute atomic E-state index is 0.0302. The molecule has 1 saturated heterocycles. The van der Waals surface area contributed by atoms with Crippen LogP contribution in [-0.2, 0) is 4.74 Å². The van der Waals surface area contributed by atoms with E-state index in [-0.39, 0.29) is 11.8 Å². The van der Waals surface area contributed by atoms with E-state index in [1.807, 2.05) is 0 Å². The van der Waals surface area contributed by atoms with Gasteiger partial charge >= 0.3 is 5.69 Å². The lowest BCUT2D eigenvalue weighted by atomic mass is 10.1. The van der Waals surface area contributed by atoms with E-state index in [4.69, 9.17) is 10.6 Å². The van der Waals surface area contributed by atoms with Gasteiger partial charge in [-0.1, -0.05) is 6.07 Å². The molecule has 0 saturated carbocycles. The highest BCUT2D eigenvalue weighted by Crippen LogP contribution is 2.32. The third-order valence-electron chi connectivity index (χ3n) is 3.18. The maximum atomic E-state index is 11.1. The van der Waals surface area contributed by atoms with Gasteiger partial charge in [-0.2, -0.15) is 0 Å². The Morgan fingerprint density at radius 2 is 2.26 bits per heavy atom. The number of rotatable bonds is 6. The van der Waals surface area contributed by atoms with Crippen molar-refractivity contribution in [1.29, 1.82) is 0 Å². The average Bonchev–Trinajstić information content (AvgIpc) is 2.91. The zero-order valence-corrected chi connectivity index (χ0v) is 10.6. The molecule has 2 rings (SSSR count). The smallest absolute Gasteiger partial charge is 0.316 e. The summed E-state index contributed by atoms with van der Waals surface area (Å²) in [6.07, 6.45) is 3.27. The van der Waals surface area contributed by atoms with E-state index in [0.717, 1.165) is 25.9 Å². The molecule has 0 radical (unpaired) electrons. The fourth-order valence-electron chi connectivity index (χ4n) is 2.24. The van der Waals surface area contributed by atoms with Crippen LogP contribution in [-0.4, -0.2) is 24.2 Å². The third kappa shape index (κ3) is 3.33. The fourth-order valence-corrected chi connectivity index (χ4v) is 2.24. The first-order valence-electron chi connectivity index (χ1n) is 6.32. The highest BCUT2D eigenvalue weighted by molar-refractivity contribution is 5.75. The summed E-state index contributed by atoms with van der Waals surface area (Å²) < 4.78 is 5.51. The van der Waals surface area contributed by atoms with Crippen molar-refractivity contribution in [3.05, 3.63) is 28.3 Å². The number of anilines is 2. The molecule has 0 amide bonds. The fraction of sp³-hybridized carbons (Fsp3) is 0.500. The topological polar surface area (TPSA) is 102 Å². The van der Waals surface area contributed by atoms with E-state index in [1.54, 1.807) is 18.2 Å².